The second-order valence-corrected chi connectivity index (χ2v) is 8.04. The van der Waals surface area contributed by atoms with Crippen molar-refractivity contribution in [3.05, 3.63) is 0 Å². The van der Waals surface area contributed by atoms with Crippen LogP contribution in [0.15, 0.2) is 0 Å². The number of phosphoric ester groups is 1. The zero-order valence-corrected chi connectivity index (χ0v) is 23.5. The molecule has 0 aliphatic carbocycles. The highest BCUT2D eigenvalue weighted by molar-refractivity contribution is 7.48. The highest BCUT2D eigenvalue weighted by Gasteiger charge is 2.54. The van der Waals surface area contributed by atoms with Gasteiger partial charge in [0.15, 0.2) is 0 Å². The van der Waals surface area contributed by atoms with Gasteiger partial charge in [-0.1, -0.05) is 0 Å². The Hall–Kier alpha value is -0.250. The molecule has 0 saturated carbocycles. The van der Waals surface area contributed by atoms with E-state index in [1.165, 1.54) is 21.3 Å². The second kappa shape index (κ2) is 18.1. The molecule has 0 aliphatic rings. The van der Waals surface area contributed by atoms with E-state index in [4.69, 9.17) is 56.2 Å². The van der Waals surface area contributed by atoms with E-state index in [-0.39, 0.29) is 39.6 Å². The molecule has 0 bridgehead atoms. The van der Waals surface area contributed by atoms with Crippen LogP contribution >= 0.6 is 7.82 Å². The summed E-state index contributed by atoms with van der Waals surface area (Å²) in [7, 11) is -0.965. The zero-order chi connectivity index (χ0) is 26.8. The molecular weight excluding hydrogens is 491 g/mol. The number of methoxy groups -OCH3 is 3. The van der Waals surface area contributed by atoms with Crippen LogP contribution in [-0.2, 0) is 60.8 Å². The highest BCUT2D eigenvalue weighted by Crippen LogP contribution is 2.59. The molecule has 0 rings (SSSR count). The quantitative estimate of drug-likeness (QED) is 0.132. The maximum Gasteiger partial charge on any atom is 0.488 e. The monoisotopic (exact) mass is 536 g/mol. The molecule has 0 N–H and O–H groups in total. The maximum atomic E-state index is 14.3. The van der Waals surface area contributed by atoms with Crippen LogP contribution in [0.1, 0.15) is 41.5 Å². The molecule has 13 nitrogen and oxygen atoms in total. The van der Waals surface area contributed by atoms with Crippen molar-refractivity contribution in [2.75, 3.05) is 80.8 Å². The first-order valence-corrected chi connectivity index (χ1v) is 13.2. The third-order valence-corrected chi connectivity index (χ3v) is 5.73. The molecule has 14 heteroatoms. The van der Waals surface area contributed by atoms with Crippen LogP contribution in [0, 0.1) is 0 Å². The molecule has 0 amide bonds. The third kappa shape index (κ3) is 11.8. The second-order valence-electron chi connectivity index (χ2n) is 6.59. The van der Waals surface area contributed by atoms with Gasteiger partial charge in [-0.3, -0.25) is 0 Å². The Balaban J connectivity index is 6.59. The fourth-order valence-electron chi connectivity index (χ4n) is 2.66. The molecule has 35 heavy (non-hydrogen) atoms. The van der Waals surface area contributed by atoms with E-state index >= 15 is 0 Å². The minimum Gasteiger partial charge on any atom is -0.373 e. The van der Waals surface area contributed by atoms with Crippen molar-refractivity contribution < 1.29 is 60.8 Å². The first-order valence-electron chi connectivity index (χ1n) is 11.7. The van der Waals surface area contributed by atoms with Crippen LogP contribution in [0.5, 0.6) is 0 Å². The predicted octanol–water partition coefficient (Wildman–Crippen LogP) is 3.26. The van der Waals surface area contributed by atoms with Crippen molar-refractivity contribution in [3.8, 4) is 0 Å². The summed E-state index contributed by atoms with van der Waals surface area (Å²) in [6, 6.07) is 0. The van der Waals surface area contributed by atoms with Gasteiger partial charge in [-0.15, -0.1) is 0 Å². The van der Waals surface area contributed by atoms with Crippen LogP contribution in [0.4, 0.5) is 0 Å². The van der Waals surface area contributed by atoms with Crippen molar-refractivity contribution in [1.29, 1.82) is 0 Å². The van der Waals surface area contributed by atoms with E-state index in [0.717, 1.165) is 0 Å². The van der Waals surface area contributed by atoms with E-state index in [1.807, 2.05) is 0 Å². The smallest absolute Gasteiger partial charge is 0.373 e. The summed E-state index contributed by atoms with van der Waals surface area (Å²) < 4.78 is 81.2. The minimum absolute atomic E-state index is 0.112. The molecular formula is C21H45O13P. The largest absolute Gasteiger partial charge is 0.488 e. The normalized spacial score (nSPS) is 19.0. The van der Waals surface area contributed by atoms with Crippen molar-refractivity contribution in [2.45, 2.75) is 59.5 Å². The van der Waals surface area contributed by atoms with E-state index in [1.54, 1.807) is 41.5 Å². The number of hydrogen-bond acceptors (Lipinski definition) is 13. The SMILES string of the molecule is CCOCC(OC)(OCC)OP(=O)(OC(COCC)(OC)OCC)OC(COCC)(OC)OCC. The fourth-order valence-corrected chi connectivity index (χ4v) is 4.33. The van der Waals surface area contributed by atoms with E-state index < -0.39 is 25.7 Å². The van der Waals surface area contributed by atoms with Gasteiger partial charge in [0.2, 0.25) is 0 Å². The number of rotatable bonds is 24. The highest BCUT2D eigenvalue weighted by atomic mass is 31.2. The number of phosphoric acid groups is 1. The van der Waals surface area contributed by atoms with Gasteiger partial charge < -0.3 is 42.6 Å². The molecule has 0 aromatic rings. The van der Waals surface area contributed by atoms with Crippen LogP contribution in [0.3, 0.4) is 0 Å². The lowest BCUT2D eigenvalue weighted by Gasteiger charge is -2.40. The van der Waals surface area contributed by atoms with E-state index in [2.05, 4.69) is 0 Å². The third-order valence-electron chi connectivity index (χ3n) is 4.23. The molecule has 0 aromatic heterocycles. The Kier molecular flexibility index (Phi) is 17.9. The molecule has 0 aliphatic heterocycles. The van der Waals surface area contributed by atoms with Gasteiger partial charge in [0.05, 0.1) is 0 Å². The summed E-state index contributed by atoms with van der Waals surface area (Å²) in [5.41, 5.74) is 0. The Bertz CT molecular complexity index is 507. The minimum atomic E-state index is -4.83. The van der Waals surface area contributed by atoms with Gasteiger partial charge in [-0.05, 0) is 41.5 Å². The lowest BCUT2D eigenvalue weighted by molar-refractivity contribution is -0.399. The first kappa shape index (κ1) is 34.8. The summed E-state index contributed by atoms with van der Waals surface area (Å²) in [5.74, 6) is -5.97. The van der Waals surface area contributed by atoms with Crippen molar-refractivity contribution in [2.24, 2.45) is 0 Å². The van der Waals surface area contributed by atoms with E-state index in [9.17, 15) is 4.57 Å². The summed E-state index contributed by atoms with van der Waals surface area (Å²) in [6.45, 7) is 10.8. The molecule has 0 heterocycles. The topological polar surface area (TPSA) is 128 Å². The van der Waals surface area contributed by atoms with Crippen LogP contribution in [-0.4, -0.2) is 98.7 Å². The number of hydrogen-bond donors (Lipinski definition) is 0. The summed E-state index contributed by atoms with van der Waals surface area (Å²) in [5, 5.41) is 0. The van der Waals surface area contributed by atoms with Gasteiger partial charge in [0.1, 0.15) is 19.8 Å². The van der Waals surface area contributed by atoms with Crippen molar-refractivity contribution in [1.82, 2.24) is 0 Å². The molecule has 3 unspecified atom stereocenters. The lowest BCUT2D eigenvalue weighted by Crippen LogP contribution is -2.49. The summed E-state index contributed by atoms with van der Waals surface area (Å²) >= 11 is 0. The zero-order valence-electron chi connectivity index (χ0n) is 22.6. The fraction of sp³-hybridized carbons (Fsp3) is 1.00. The average molecular weight is 537 g/mol. The van der Waals surface area contributed by atoms with Crippen molar-refractivity contribution in [3.63, 3.8) is 0 Å². The van der Waals surface area contributed by atoms with Gasteiger partial charge in [0, 0.05) is 61.0 Å². The Labute approximate surface area is 209 Å². The predicted molar refractivity (Wildman–Crippen MR) is 124 cm³/mol. The van der Waals surface area contributed by atoms with Crippen LogP contribution in [0.25, 0.3) is 0 Å². The van der Waals surface area contributed by atoms with Gasteiger partial charge in [-0.25, -0.2) is 18.1 Å². The lowest BCUT2D eigenvalue weighted by atomic mass is 10.6. The molecule has 0 spiro atoms. The standard InChI is InChI=1S/C21H45O13P/c1-10-26-16-19(23-7,29-13-4)32-35(22,33-20(24-8,30-14-5)17-27-11-2)34-21(25-9,31-15-6)18-28-12-3/h10-18H2,1-9H3. The Morgan fingerprint density at radius 3 is 0.914 bits per heavy atom. The molecule has 0 fully saturated rings. The van der Waals surface area contributed by atoms with Crippen LogP contribution < -0.4 is 0 Å². The Morgan fingerprint density at radius 2 is 0.743 bits per heavy atom. The molecule has 0 aromatic carbocycles. The molecule has 0 radical (unpaired) electrons. The Morgan fingerprint density at radius 1 is 0.486 bits per heavy atom. The molecule has 3 atom stereocenters. The van der Waals surface area contributed by atoms with E-state index in [0.29, 0.717) is 19.8 Å². The maximum absolute atomic E-state index is 14.3. The average Bonchev–Trinajstić information content (AvgIpc) is 2.84. The van der Waals surface area contributed by atoms with Crippen LogP contribution in [0.2, 0.25) is 0 Å². The summed E-state index contributed by atoms with van der Waals surface area (Å²) in [6.07, 6.45) is 0. The van der Waals surface area contributed by atoms with Gasteiger partial charge in [-0.2, -0.15) is 0 Å². The summed E-state index contributed by atoms with van der Waals surface area (Å²) in [4.78, 5) is 0. The van der Waals surface area contributed by atoms with Gasteiger partial charge in [0.25, 0.3) is 0 Å². The molecule has 0 saturated heterocycles. The number of ether oxygens (including phenoxy) is 9. The van der Waals surface area contributed by atoms with Crippen molar-refractivity contribution >= 4 is 7.82 Å². The van der Waals surface area contributed by atoms with Gasteiger partial charge >= 0.3 is 25.7 Å². The molecule has 212 valence electrons. The first-order chi connectivity index (χ1) is 16.7.